The van der Waals surface area contributed by atoms with Gasteiger partial charge in [0.05, 0.1) is 6.04 Å². The number of aryl methyl sites for hydroxylation is 3. The number of aromatic nitrogens is 3. The molecule has 2 heterocycles. The summed E-state index contributed by atoms with van der Waals surface area (Å²) in [5.74, 6) is 1.94. The SMILES string of the molecule is Cc1nc(C)n(C2CN(C(=O)CCc3ccc(C(C)(C)C)cc3)C2)n1. The van der Waals surface area contributed by atoms with Gasteiger partial charge in [0.25, 0.3) is 0 Å². The third kappa shape index (κ3) is 3.91. The van der Waals surface area contributed by atoms with E-state index < -0.39 is 0 Å². The Kier molecular flexibility index (Phi) is 4.67. The Bertz CT molecular complexity index is 749. The van der Waals surface area contributed by atoms with E-state index in [1.165, 1.54) is 11.1 Å². The lowest BCUT2D eigenvalue weighted by Crippen LogP contribution is -2.51. The summed E-state index contributed by atoms with van der Waals surface area (Å²) in [5, 5.41) is 4.42. The summed E-state index contributed by atoms with van der Waals surface area (Å²) in [7, 11) is 0. The minimum absolute atomic E-state index is 0.166. The molecule has 134 valence electrons. The highest BCUT2D eigenvalue weighted by Crippen LogP contribution is 2.24. The zero-order valence-electron chi connectivity index (χ0n) is 15.9. The molecule has 1 aromatic carbocycles. The molecule has 0 atom stereocenters. The number of hydrogen-bond donors (Lipinski definition) is 0. The molecule has 2 aromatic rings. The van der Waals surface area contributed by atoms with E-state index in [1.54, 1.807) is 0 Å². The van der Waals surface area contributed by atoms with Gasteiger partial charge >= 0.3 is 0 Å². The maximum Gasteiger partial charge on any atom is 0.223 e. The number of carbonyl (C=O) groups excluding carboxylic acids is 1. The summed E-state index contributed by atoms with van der Waals surface area (Å²) in [5.41, 5.74) is 2.71. The molecule has 0 unspecified atom stereocenters. The lowest BCUT2D eigenvalue weighted by Gasteiger charge is -2.39. The van der Waals surface area contributed by atoms with E-state index in [0.29, 0.717) is 6.42 Å². The van der Waals surface area contributed by atoms with Gasteiger partial charge in [-0.05, 0) is 36.8 Å². The van der Waals surface area contributed by atoms with Crippen LogP contribution in [0, 0.1) is 13.8 Å². The Labute approximate surface area is 150 Å². The number of amides is 1. The molecule has 1 aliphatic heterocycles. The number of rotatable bonds is 4. The Morgan fingerprint density at radius 2 is 1.80 bits per heavy atom. The molecular weight excluding hydrogens is 312 g/mol. The van der Waals surface area contributed by atoms with Crippen LogP contribution in [0.25, 0.3) is 0 Å². The molecule has 3 rings (SSSR count). The van der Waals surface area contributed by atoms with Crippen LogP contribution in [0.4, 0.5) is 0 Å². The molecule has 5 nitrogen and oxygen atoms in total. The number of carbonyl (C=O) groups is 1. The summed E-state index contributed by atoms with van der Waals surface area (Å²) in [6.45, 7) is 12.0. The lowest BCUT2D eigenvalue weighted by molar-refractivity contribution is -0.137. The van der Waals surface area contributed by atoms with E-state index in [2.05, 4.69) is 55.1 Å². The van der Waals surface area contributed by atoms with Gasteiger partial charge in [0.2, 0.25) is 5.91 Å². The third-order valence-electron chi connectivity index (χ3n) is 4.92. The van der Waals surface area contributed by atoms with Crippen LogP contribution >= 0.6 is 0 Å². The summed E-state index contributed by atoms with van der Waals surface area (Å²) >= 11 is 0. The molecule has 5 heteroatoms. The second-order valence-electron chi connectivity index (χ2n) is 8.05. The zero-order valence-corrected chi connectivity index (χ0v) is 15.9. The molecule has 1 aliphatic rings. The maximum atomic E-state index is 12.4. The fraction of sp³-hybridized carbons (Fsp3) is 0.550. The molecule has 1 aromatic heterocycles. The normalized spacial score (nSPS) is 15.3. The summed E-state index contributed by atoms with van der Waals surface area (Å²) < 4.78 is 1.95. The van der Waals surface area contributed by atoms with E-state index in [1.807, 2.05) is 23.4 Å². The first-order valence-electron chi connectivity index (χ1n) is 9.01. The first-order chi connectivity index (χ1) is 11.7. The third-order valence-corrected chi connectivity index (χ3v) is 4.92. The van der Waals surface area contributed by atoms with Gasteiger partial charge in [-0.15, -0.1) is 0 Å². The van der Waals surface area contributed by atoms with Crippen molar-refractivity contribution in [1.29, 1.82) is 0 Å². The van der Waals surface area contributed by atoms with Gasteiger partial charge in [-0.2, -0.15) is 5.10 Å². The largest absolute Gasteiger partial charge is 0.338 e. The van der Waals surface area contributed by atoms with Gasteiger partial charge in [0.15, 0.2) is 0 Å². The number of benzene rings is 1. The van der Waals surface area contributed by atoms with Crippen molar-refractivity contribution in [3.05, 3.63) is 47.0 Å². The molecule has 1 fully saturated rings. The monoisotopic (exact) mass is 340 g/mol. The number of nitrogens with zero attached hydrogens (tertiary/aromatic N) is 4. The van der Waals surface area contributed by atoms with Gasteiger partial charge in [-0.1, -0.05) is 45.0 Å². The predicted molar refractivity (Wildman–Crippen MR) is 98.6 cm³/mol. The van der Waals surface area contributed by atoms with E-state index >= 15 is 0 Å². The van der Waals surface area contributed by atoms with Gasteiger partial charge in [-0.3, -0.25) is 4.79 Å². The number of hydrogen-bond acceptors (Lipinski definition) is 3. The Morgan fingerprint density at radius 1 is 1.16 bits per heavy atom. The van der Waals surface area contributed by atoms with Crippen LogP contribution in [-0.2, 0) is 16.6 Å². The Hall–Kier alpha value is -2.17. The molecule has 1 amide bonds. The fourth-order valence-electron chi connectivity index (χ4n) is 3.28. The molecule has 0 saturated carbocycles. The highest BCUT2D eigenvalue weighted by Gasteiger charge is 2.33. The second-order valence-corrected chi connectivity index (χ2v) is 8.05. The molecule has 0 radical (unpaired) electrons. The second kappa shape index (κ2) is 6.62. The van der Waals surface area contributed by atoms with Crippen LogP contribution in [0.5, 0.6) is 0 Å². The van der Waals surface area contributed by atoms with Crippen molar-refractivity contribution in [2.24, 2.45) is 0 Å². The first kappa shape index (κ1) is 17.6. The molecule has 0 bridgehead atoms. The lowest BCUT2D eigenvalue weighted by atomic mass is 9.86. The average Bonchev–Trinajstić information content (AvgIpc) is 2.82. The molecule has 0 N–H and O–H groups in total. The van der Waals surface area contributed by atoms with Gasteiger partial charge < -0.3 is 4.90 Å². The van der Waals surface area contributed by atoms with Crippen LogP contribution < -0.4 is 0 Å². The zero-order chi connectivity index (χ0) is 18.2. The topological polar surface area (TPSA) is 51.0 Å². The molecule has 25 heavy (non-hydrogen) atoms. The van der Waals surface area contributed by atoms with Gasteiger partial charge in [0, 0.05) is 19.5 Å². The summed E-state index contributed by atoms with van der Waals surface area (Å²) in [6.07, 6.45) is 1.36. The van der Waals surface area contributed by atoms with Gasteiger partial charge in [0.1, 0.15) is 11.6 Å². The van der Waals surface area contributed by atoms with E-state index in [0.717, 1.165) is 31.2 Å². The van der Waals surface area contributed by atoms with Crippen molar-refractivity contribution in [1.82, 2.24) is 19.7 Å². The number of likely N-dealkylation sites (tertiary alicyclic amines) is 1. The summed E-state index contributed by atoms with van der Waals surface area (Å²) in [4.78, 5) is 18.6. The molecular formula is C20H28N4O. The minimum Gasteiger partial charge on any atom is -0.338 e. The Morgan fingerprint density at radius 3 is 2.32 bits per heavy atom. The fourth-order valence-corrected chi connectivity index (χ4v) is 3.28. The van der Waals surface area contributed by atoms with E-state index in [9.17, 15) is 4.79 Å². The van der Waals surface area contributed by atoms with Crippen molar-refractivity contribution >= 4 is 5.91 Å². The van der Waals surface area contributed by atoms with Crippen molar-refractivity contribution in [3.63, 3.8) is 0 Å². The quantitative estimate of drug-likeness (QED) is 0.859. The van der Waals surface area contributed by atoms with E-state index in [-0.39, 0.29) is 17.4 Å². The maximum absolute atomic E-state index is 12.4. The highest BCUT2D eigenvalue weighted by atomic mass is 16.2. The minimum atomic E-state index is 0.166. The van der Waals surface area contributed by atoms with Crippen LogP contribution in [-0.4, -0.2) is 38.7 Å². The van der Waals surface area contributed by atoms with Crippen molar-refractivity contribution in [2.75, 3.05) is 13.1 Å². The van der Waals surface area contributed by atoms with Crippen LogP contribution in [0.1, 0.15) is 56.0 Å². The predicted octanol–water partition coefficient (Wildman–Crippen LogP) is 3.21. The van der Waals surface area contributed by atoms with Crippen molar-refractivity contribution in [2.45, 2.75) is 58.9 Å². The summed E-state index contributed by atoms with van der Waals surface area (Å²) in [6, 6.07) is 8.92. The Balaban J connectivity index is 1.49. The van der Waals surface area contributed by atoms with Crippen LogP contribution in [0.2, 0.25) is 0 Å². The average molecular weight is 340 g/mol. The molecule has 0 spiro atoms. The van der Waals surface area contributed by atoms with Crippen molar-refractivity contribution < 1.29 is 4.79 Å². The van der Waals surface area contributed by atoms with E-state index in [4.69, 9.17) is 0 Å². The van der Waals surface area contributed by atoms with Gasteiger partial charge in [-0.25, -0.2) is 9.67 Å². The van der Waals surface area contributed by atoms with Crippen LogP contribution in [0.15, 0.2) is 24.3 Å². The molecule has 0 aliphatic carbocycles. The van der Waals surface area contributed by atoms with Crippen molar-refractivity contribution in [3.8, 4) is 0 Å². The standard InChI is InChI=1S/C20H28N4O/c1-14-21-15(2)24(22-14)18-12-23(13-18)19(25)11-8-16-6-9-17(10-7-16)20(3,4)5/h6-7,9-10,18H,8,11-13H2,1-5H3. The molecule has 1 saturated heterocycles. The van der Waals surface area contributed by atoms with Crippen LogP contribution in [0.3, 0.4) is 0 Å². The smallest absolute Gasteiger partial charge is 0.223 e. The highest BCUT2D eigenvalue weighted by molar-refractivity contribution is 5.77. The first-order valence-corrected chi connectivity index (χ1v) is 9.01.